The van der Waals surface area contributed by atoms with E-state index >= 15 is 0 Å². The van der Waals surface area contributed by atoms with E-state index in [4.69, 9.17) is 10.5 Å². The molecule has 0 aliphatic carbocycles. The average molecular weight is 346 g/mol. The van der Waals surface area contributed by atoms with Crippen LogP contribution in [0.15, 0.2) is 27.4 Å². The van der Waals surface area contributed by atoms with Gasteiger partial charge < -0.3 is 15.0 Å². The topological polar surface area (TPSA) is 82.5 Å². The number of aliphatic imine (C=N–C) groups is 1. The summed E-state index contributed by atoms with van der Waals surface area (Å²) in [4.78, 5) is 21.9. The predicted molar refractivity (Wildman–Crippen MR) is 96.9 cm³/mol. The van der Waals surface area contributed by atoms with E-state index in [-0.39, 0.29) is 17.8 Å². The van der Waals surface area contributed by atoms with Gasteiger partial charge in [0.15, 0.2) is 0 Å². The molecule has 1 saturated heterocycles. The van der Waals surface area contributed by atoms with Gasteiger partial charge in [-0.2, -0.15) is 0 Å². The van der Waals surface area contributed by atoms with Crippen molar-refractivity contribution in [3.05, 3.63) is 39.3 Å². The lowest BCUT2D eigenvalue weighted by Gasteiger charge is -2.20. The molecule has 1 aliphatic rings. The molecule has 0 amide bonds. The molecule has 128 valence electrons. The second-order valence-electron chi connectivity index (χ2n) is 6.04. The summed E-state index contributed by atoms with van der Waals surface area (Å²) in [6.07, 6.45) is 2.26. The van der Waals surface area contributed by atoms with Crippen LogP contribution < -0.4 is 11.3 Å². The Balaban J connectivity index is 2.24. The van der Waals surface area contributed by atoms with Crippen LogP contribution in [0, 0.1) is 6.92 Å². The Morgan fingerprint density at radius 3 is 2.96 bits per heavy atom. The molecular weight excluding hydrogens is 324 g/mol. The Morgan fingerprint density at radius 1 is 1.58 bits per heavy atom. The van der Waals surface area contributed by atoms with Crippen LogP contribution in [0.2, 0.25) is 0 Å². The first-order valence-corrected chi connectivity index (χ1v) is 8.91. The molecule has 3 rings (SSSR count). The maximum absolute atomic E-state index is 13.1. The van der Waals surface area contributed by atoms with E-state index < -0.39 is 0 Å². The zero-order valence-electron chi connectivity index (χ0n) is 14.2. The molecule has 0 saturated carbocycles. The second-order valence-corrected chi connectivity index (χ2v) is 6.94. The fraction of sp³-hybridized carbons (Fsp3) is 0.471. The summed E-state index contributed by atoms with van der Waals surface area (Å²) in [6.45, 7) is 6.96. The van der Waals surface area contributed by atoms with Gasteiger partial charge in [0.1, 0.15) is 5.01 Å². The standard InChI is InChI=1S/C17H22N4O2S/c1-10(20-12(3)18)14-8-15(16-19-5-7-24-16)17(22)21(11(14)2)13-4-6-23-9-13/h5,7-8,12-13H,4,6,9,18H2,1-3H3/b20-10-. The summed E-state index contributed by atoms with van der Waals surface area (Å²) < 4.78 is 7.34. The van der Waals surface area contributed by atoms with Crippen LogP contribution in [-0.2, 0) is 4.74 Å². The summed E-state index contributed by atoms with van der Waals surface area (Å²) in [5.41, 5.74) is 9.07. The average Bonchev–Trinajstić information content (AvgIpc) is 3.19. The highest BCUT2D eigenvalue weighted by molar-refractivity contribution is 7.13. The SMILES string of the molecule is C/C(=N/C(C)N)c1cc(-c2nccs2)c(=O)n(C2CCOC2)c1C. The molecule has 0 spiro atoms. The monoisotopic (exact) mass is 346 g/mol. The third-order valence-electron chi connectivity index (χ3n) is 4.21. The largest absolute Gasteiger partial charge is 0.379 e. The number of aromatic nitrogens is 2. The van der Waals surface area contributed by atoms with E-state index in [1.165, 1.54) is 11.3 Å². The van der Waals surface area contributed by atoms with Gasteiger partial charge in [-0.15, -0.1) is 11.3 Å². The number of hydrogen-bond acceptors (Lipinski definition) is 6. The third-order valence-corrected chi connectivity index (χ3v) is 5.02. The van der Waals surface area contributed by atoms with Gasteiger partial charge in [-0.1, -0.05) is 0 Å². The minimum absolute atomic E-state index is 0.0182. The summed E-state index contributed by atoms with van der Waals surface area (Å²) >= 11 is 1.46. The molecule has 0 radical (unpaired) electrons. The number of nitrogens with zero attached hydrogens (tertiary/aromatic N) is 3. The number of pyridine rings is 1. The van der Waals surface area contributed by atoms with Gasteiger partial charge in [0.25, 0.3) is 5.56 Å². The minimum atomic E-state index is -0.289. The Hall–Kier alpha value is -1.83. The van der Waals surface area contributed by atoms with E-state index in [0.29, 0.717) is 18.8 Å². The van der Waals surface area contributed by atoms with Gasteiger partial charge in [-0.05, 0) is 33.3 Å². The summed E-state index contributed by atoms with van der Waals surface area (Å²) in [7, 11) is 0. The van der Waals surface area contributed by atoms with Gasteiger partial charge in [-0.3, -0.25) is 9.79 Å². The van der Waals surface area contributed by atoms with Crippen LogP contribution in [-0.4, -0.2) is 34.6 Å². The maximum atomic E-state index is 13.1. The van der Waals surface area contributed by atoms with Gasteiger partial charge >= 0.3 is 0 Å². The number of thiazole rings is 1. The van der Waals surface area contributed by atoms with Crippen LogP contribution in [0.5, 0.6) is 0 Å². The van der Waals surface area contributed by atoms with Crippen molar-refractivity contribution in [2.24, 2.45) is 10.7 Å². The lowest BCUT2D eigenvalue weighted by atomic mass is 10.0. The molecule has 2 N–H and O–H groups in total. The Morgan fingerprint density at radius 2 is 2.38 bits per heavy atom. The van der Waals surface area contributed by atoms with Gasteiger partial charge in [-0.25, -0.2) is 4.98 Å². The quantitative estimate of drug-likeness (QED) is 0.862. The smallest absolute Gasteiger partial charge is 0.261 e. The molecule has 0 bridgehead atoms. The number of ether oxygens (including phenoxy) is 1. The fourth-order valence-corrected chi connectivity index (χ4v) is 3.78. The summed E-state index contributed by atoms with van der Waals surface area (Å²) in [6, 6.07) is 1.95. The van der Waals surface area contributed by atoms with Crippen molar-refractivity contribution in [1.82, 2.24) is 9.55 Å². The maximum Gasteiger partial charge on any atom is 0.261 e. The Kier molecular flexibility index (Phi) is 4.93. The number of rotatable bonds is 4. The highest BCUT2D eigenvalue weighted by Crippen LogP contribution is 2.26. The highest BCUT2D eigenvalue weighted by Gasteiger charge is 2.24. The Labute approximate surface area is 145 Å². The molecule has 6 nitrogen and oxygen atoms in total. The first-order chi connectivity index (χ1) is 11.5. The zero-order chi connectivity index (χ0) is 17.3. The van der Waals surface area contributed by atoms with E-state index in [1.54, 1.807) is 6.20 Å². The molecule has 1 aliphatic heterocycles. The van der Waals surface area contributed by atoms with Crippen LogP contribution in [0.25, 0.3) is 10.6 Å². The van der Waals surface area contributed by atoms with E-state index in [1.807, 2.05) is 36.8 Å². The van der Waals surface area contributed by atoms with Crippen LogP contribution >= 0.6 is 11.3 Å². The molecule has 2 unspecified atom stereocenters. The highest BCUT2D eigenvalue weighted by atomic mass is 32.1. The molecule has 24 heavy (non-hydrogen) atoms. The van der Waals surface area contributed by atoms with E-state index in [2.05, 4.69) is 9.98 Å². The van der Waals surface area contributed by atoms with Gasteiger partial charge in [0.2, 0.25) is 0 Å². The van der Waals surface area contributed by atoms with Crippen LogP contribution in [0.4, 0.5) is 0 Å². The summed E-state index contributed by atoms with van der Waals surface area (Å²) in [5, 5.41) is 2.60. The van der Waals surface area contributed by atoms with Crippen molar-refractivity contribution >= 4 is 17.0 Å². The first kappa shape index (κ1) is 17.0. The Bertz CT molecular complexity index is 803. The molecule has 2 aromatic rings. The van der Waals surface area contributed by atoms with Crippen LogP contribution in [0.3, 0.4) is 0 Å². The van der Waals surface area contributed by atoms with Crippen molar-refractivity contribution in [2.45, 2.75) is 39.4 Å². The van der Waals surface area contributed by atoms with Crippen molar-refractivity contribution in [3.63, 3.8) is 0 Å². The normalized spacial score (nSPS) is 19.7. The summed E-state index contributed by atoms with van der Waals surface area (Å²) in [5.74, 6) is 0. The van der Waals surface area contributed by atoms with Crippen molar-refractivity contribution < 1.29 is 4.74 Å². The van der Waals surface area contributed by atoms with Crippen LogP contribution in [0.1, 0.15) is 37.6 Å². The van der Waals surface area contributed by atoms with Gasteiger partial charge in [0.05, 0.1) is 24.4 Å². The van der Waals surface area contributed by atoms with Crippen molar-refractivity contribution in [2.75, 3.05) is 13.2 Å². The molecule has 2 atom stereocenters. The molecule has 0 aromatic carbocycles. The lowest BCUT2D eigenvalue weighted by Crippen LogP contribution is -2.30. The second kappa shape index (κ2) is 6.96. The zero-order valence-corrected chi connectivity index (χ0v) is 15.0. The third kappa shape index (κ3) is 3.19. The lowest BCUT2D eigenvalue weighted by molar-refractivity contribution is 0.185. The van der Waals surface area contributed by atoms with Gasteiger partial charge in [0, 0.05) is 35.2 Å². The van der Waals surface area contributed by atoms with Crippen molar-refractivity contribution in [3.8, 4) is 10.6 Å². The molecule has 1 fully saturated rings. The fourth-order valence-electron chi connectivity index (χ4n) is 3.14. The minimum Gasteiger partial charge on any atom is -0.379 e. The molecule has 2 aromatic heterocycles. The predicted octanol–water partition coefficient (Wildman–Crippen LogP) is 2.36. The number of hydrogen-bond donors (Lipinski definition) is 1. The van der Waals surface area contributed by atoms with Crippen molar-refractivity contribution in [1.29, 1.82) is 0 Å². The molecule has 7 heteroatoms. The first-order valence-electron chi connectivity index (χ1n) is 8.03. The molecular formula is C17H22N4O2S. The molecule has 3 heterocycles. The van der Waals surface area contributed by atoms with E-state index in [9.17, 15) is 4.79 Å². The number of nitrogens with two attached hydrogens (primary N) is 1. The van der Waals surface area contributed by atoms with E-state index in [0.717, 1.165) is 28.4 Å².